The van der Waals surface area contributed by atoms with Crippen molar-refractivity contribution in [1.82, 2.24) is 4.98 Å². The van der Waals surface area contributed by atoms with E-state index in [1.165, 1.54) is 11.3 Å². The number of hydrogen-bond acceptors (Lipinski definition) is 4. The van der Waals surface area contributed by atoms with Gasteiger partial charge in [0.2, 0.25) is 0 Å². The number of nitrogens with zero attached hydrogens (tertiary/aromatic N) is 1. The highest BCUT2D eigenvalue weighted by molar-refractivity contribution is 7.11. The fraction of sp³-hybridized carbons (Fsp3) is 0.625. The first-order chi connectivity index (χ1) is 5.41. The molecule has 12 heavy (non-hydrogen) atoms. The lowest BCUT2D eigenvalue weighted by atomic mass is 10.00. The SMILES string of the molecule is Cc1cnc(C(O)C(C)(C)N)s1. The maximum Gasteiger partial charge on any atom is 0.123 e. The van der Waals surface area contributed by atoms with Gasteiger partial charge in [-0.2, -0.15) is 0 Å². The summed E-state index contributed by atoms with van der Waals surface area (Å²) in [5.41, 5.74) is 5.12. The third kappa shape index (κ3) is 2.03. The van der Waals surface area contributed by atoms with Gasteiger partial charge in [-0.1, -0.05) is 0 Å². The molecule has 0 aromatic carbocycles. The Hall–Kier alpha value is -0.450. The van der Waals surface area contributed by atoms with Crippen molar-refractivity contribution in [3.63, 3.8) is 0 Å². The summed E-state index contributed by atoms with van der Waals surface area (Å²) < 4.78 is 0. The van der Waals surface area contributed by atoms with Gasteiger partial charge in [0.15, 0.2) is 0 Å². The normalized spacial score (nSPS) is 14.8. The Morgan fingerprint density at radius 1 is 1.67 bits per heavy atom. The van der Waals surface area contributed by atoms with Crippen LogP contribution in [0.25, 0.3) is 0 Å². The van der Waals surface area contributed by atoms with Crippen LogP contribution in [0, 0.1) is 6.92 Å². The first kappa shape index (κ1) is 9.64. The second-order valence-electron chi connectivity index (χ2n) is 3.53. The average molecular weight is 186 g/mol. The summed E-state index contributed by atoms with van der Waals surface area (Å²) in [6.45, 7) is 5.53. The van der Waals surface area contributed by atoms with Gasteiger partial charge in [0.1, 0.15) is 11.1 Å². The van der Waals surface area contributed by atoms with Crippen LogP contribution < -0.4 is 5.73 Å². The number of aliphatic hydroxyl groups excluding tert-OH is 1. The Morgan fingerprint density at radius 3 is 2.58 bits per heavy atom. The molecule has 3 nitrogen and oxygen atoms in total. The molecule has 1 atom stereocenters. The lowest BCUT2D eigenvalue weighted by molar-refractivity contribution is 0.104. The number of aryl methyl sites for hydroxylation is 1. The van der Waals surface area contributed by atoms with Crippen molar-refractivity contribution in [2.24, 2.45) is 5.73 Å². The molecule has 0 aliphatic carbocycles. The molecule has 68 valence electrons. The topological polar surface area (TPSA) is 59.1 Å². The van der Waals surface area contributed by atoms with Gasteiger partial charge < -0.3 is 10.8 Å². The summed E-state index contributed by atoms with van der Waals surface area (Å²) in [5, 5.41) is 10.4. The molecule has 0 spiro atoms. The van der Waals surface area contributed by atoms with Crippen LogP contribution in [-0.4, -0.2) is 15.6 Å². The van der Waals surface area contributed by atoms with Crippen LogP contribution in [0.1, 0.15) is 29.8 Å². The highest BCUT2D eigenvalue weighted by Gasteiger charge is 2.26. The maximum absolute atomic E-state index is 9.69. The van der Waals surface area contributed by atoms with Gasteiger partial charge in [0, 0.05) is 16.6 Å². The molecule has 0 amide bonds. The van der Waals surface area contributed by atoms with Crippen LogP contribution in [0.4, 0.5) is 0 Å². The van der Waals surface area contributed by atoms with Gasteiger partial charge in [-0.3, -0.25) is 0 Å². The Bertz CT molecular complexity index is 264. The minimum atomic E-state index is -0.670. The molecule has 0 aliphatic rings. The van der Waals surface area contributed by atoms with Crippen LogP contribution in [0.15, 0.2) is 6.20 Å². The molecule has 1 rings (SSSR count). The van der Waals surface area contributed by atoms with Gasteiger partial charge in [-0.15, -0.1) is 11.3 Å². The van der Waals surface area contributed by atoms with Gasteiger partial charge in [0.05, 0.1) is 0 Å². The van der Waals surface area contributed by atoms with E-state index in [1.807, 2.05) is 6.92 Å². The van der Waals surface area contributed by atoms with Crippen molar-refractivity contribution < 1.29 is 5.11 Å². The van der Waals surface area contributed by atoms with Crippen molar-refractivity contribution in [3.8, 4) is 0 Å². The number of aliphatic hydroxyl groups is 1. The molecular formula is C8H14N2OS. The zero-order valence-electron chi connectivity index (χ0n) is 7.53. The number of hydrogen-bond donors (Lipinski definition) is 2. The second-order valence-corrected chi connectivity index (χ2v) is 4.80. The number of aromatic nitrogens is 1. The highest BCUT2D eigenvalue weighted by Crippen LogP contribution is 2.26. The average Bonchev–Trinajstić information content (AvgIpc) is 2.32. The Morgan fingerprint density at radius 2 is 2.25 bits per heavy atom. The van der Waals surface area contributed by atoms with Gasteiger partial charge in [-0.05, 0) is 20.8 Å². The fourth-order valence-electron chi connectivity index (χ4n) is 0.817. The molecule has 0 radical (unpaired) electrons. The summed E-state index contributed by atoms with van der Waals surface area (Å²) in [5.74, 6) is 0. The van der Waals surface area contributed by atoms with E-state index in [9.17, 15) is 5.11 Å². The summed E-state index contributed by atoms with van der Waals surface area (Å²) in [4.78, 5) is 5.16. The van der Waals surface area contributed by atoms with E-state index in [-0.39, 0.29) is 0 Å². The monoisotopic (exact) mass is 186 g/mol. The van der Waals surface area contributed by atoms with E-state index in [0.717, 1.165) is 4.88 Å². The van der Waals surface area contributed by atoms with Crippen LogP contribution in [-0.2, 0) is 0 Å². The summed E-state index contributed by atoms with van der Waals surface area (Å²) >= 11 is 1.48. The molecule has 3 N–H and O–H groups in total. The fourth-order valence-corrected chi connectivity index (χ4v) is 1.77. The van der Waals surface area contributed by atoms with E-state index < -0.39 is 11.6 Å². The zero-order valence-corrected chi connectivity index (χ0v) is 8.35. The van der Waals surface area contributed by atoms with Crippen molar-refractivity contribution >= 4 is 11.3 Å². The van der Waals surface area contributed by atoms with Gasteiger partial charge in [-0.25, -0.2) is 4.98 Å². The predicted octanol–water partition coefficient (Wildman–Crippen LogP) is 1.22. The Kier molecular flexibility index (Phi) is 2.51. The number of rotatable bonds is 2. The zero-order chi connectivity index (χ0) is 9.35. The van der Waals surface area contributed by atoms with Crippen molar-refractivity contribution in [2.75, 3.05) is 0 Å². The molecule has 0 saturated heterocycles. The molecule has 4 heteroatoms. The van der Waals surface area contributed by atoms with Gasteiger partial charge >= 0.3 is 0 Å². The largest absolute Gasteiger partial charge is 0.384 e. The van der Waals surface area contributed by atoms with E-state index in [1.54, 1.807) is 20.0 Å². The van der Waals surface area contributed by atoms with Crippen LogP contribution in [0.3, 0.4) is 0 Å². The van der Waals surface area contributed by atoms with Crippen LogP contribution in [0.5, 0.6) is 0 Å². The molecule has 1 aromatic rings. The van der Waals surface area contributed by atoms with Crippen LogP contribution in [0.2, 0.25) is 0 Å². The molecule has 0 saturated carbocycles. The Balaban J connectivity index is 2.85. The number of thiazole rings is 1. The van der Waals surface area contributed by atoms with Gasteiger partial charge in [0.25, 0.3) is 0 Å². The van der Waals surface area contributed by atoms with Crippen molar-refractivity contribution in [3.05, 3.63) is 16.1 Å². The first-order valence-corrected chi connectivity index (χ1v) is 4.62. The number of nitrogens with two attached hydrogens (primary N) is 1. The molecule has 0 bridgehead atoms. The minimum Gasteiger partial charge on any atom is -0.384 e. The van der Waals surface area contributed by atoms with E-state index >= 15 is 0 Å². The summed E-state index contributed by atoms with van der Waals surface area (Å²) in [6.07, 6.45) is 1.07. The smallest absolute Gasteiger partial charge is 0.123 e. The highest BCUT2D eigenvalue weighted by atomic mass is 32.1. The molecule has 1 unspecified atom stereocenters. The molecular weight excluding hydrogens is 172 g/mol. The van der Waals surface area contributed by atoms with Crippen molar-refractivity contribution in [2.45, 2.75) is 32.4 Å². The third-order valence-electron chi connectivity index (χ3n) is 1.58. The summed E-state index contributed by atoms with van der Waals surface area (Å²) in [6, 6.07) is 0. The lowest BCUT2D eigenvalue weighted by Gasteiger charge is -2.23. The lowest BCUT2D eigenvalue weighted by Crippen LogP contribution is -2.39. The minimum absolute atomic E-state index is 0.621. The molecule has 0 fully saturated rings. The molecule has 0 aliphatic heterocycles. The van der Waals surface area contributed by atoms with E-state index in [0.29, 0.717) is 5.01 Å². The predicted molar refractivity (Wildman–Crippen MR) is 50.1 cm³/mol. The van der Waals surface area contributed by atoms with Crippen molar-refractivity contribution in [1.29, 1.82) is 0 Å². The summed E-state index contributed by atoms with van der Waals surface area (Å²) in [7, 11) is 0. The third-order valence-corrected chi connectivity index (χ3v) is 2.54. The van der Waals surface area contributed by atoms with E-state index in [2.05, 4.69) is 4.98 Å². The first-order valence-electron chi connectivity index (χ1n) is 3.80. The maximum atomic E-state index is 9.69. The molecule has 1 heterocycles. The standard InChI is InChI=1S/C8H14N2OS/c1-5-4-10-7(12-5)6(11)8(2,3)9/h4,6,11H,9H2,1-3H3. The van der Waals surface area contributed by atoms with E-state index in [4.69, 9.17) is 5.73 Å². The Labute approximate surface area is 76.3 Å². The van der Waals surface area contributed by atoms with Crippen LogP contribution >= 0.6 is 11.3 Å². The second kappa shape index (κ2) is 3.12. The quantitative estimate of drug-likeness (QED) is 0.730. The molecule has 1 aromatic heterocycles.